The lowest BCUT2D eigenvalue weighted by Gasteiger charge is -2.17. The second-order valence-electron chi connectivity index (χ2n) is 5.95. The number of hydrogen-bond acceptors (Lipinski definition) is 7. The highest BCUT2D eigenvalue weighted by atomic mass is 16.5. The summed E-state index contributed by atoms with van der Waals surface area (Å²) in [6.45, 7) is 4.32. The van der Waals surface area contributed by atoms with Gasteiger partial charge in [-0.3, -0.25) is 10.8 Å². The molecule has 0 aromatic rings. The van der Waals surface area contributed by atoms with Crippen molar-refractivity contribution < 1.29 is 9.84 Å². The molecule has 146 valence electrons. The van der Waals surface area contributed by atoms with Crippen molar-refractivity contribution in [1.82, 2.24) is 10.7 Å². The van der Waals surface area contributed by atoms with Crippen LogP contribution in [0.3, 0.4) is 0 Å². The lowest BCUT2D eigenvalue weighted by Crippen LogP contribution is -2.22. The van der Waals surface area contributed by atoms with Gasteiger partial charge in [-0.2, -0.15) is 0 Å². The van der Waals surface area contributed by atoms with Crippen molar-refractivity contribution in [3.8, 4) is 0 Å². The van der Waals surface area contributed by atoms with Crippen LogP contribution < -0.4 is 16.6 Å². The van der Waals surface area contributed by atoms with E-state index in [4.69, 9.17) is 21.1 Å². The zero-order chi connectivity index (χ0) is 18.8. The molecule has 0 aromatic heterocycles. The summed E-state index contributed by atoms with van der Waals surface area (Å²) in [6.07, 6.45) is 10.1. The van der Waals surface area contributed by atoms with E-state index in [1.807, 2.05) is 20.0 Å². The molecule has 0 aromatic carbocycles. The van der Waals surface area contributed by atoms with E-state index in [1.54, 1.807) is 0 Å². The molecule has 6 N–H and O–H groups in total. The van der Waals surface area contributed by atoms with Crippen LogP contribution in [-0.2, 0) is 4.74 Å². The van der Waals surface area contributed by atoms with E-state index in [9.17, 15) is 0 Å². The number of hydrazine groups is 1. The molecule has 0 heterocycles. The minimum absolute atomic E-state index is 0.00609. The van der Waals surface area contributed by atoms with Gasteiger partial charge in [0.05, 0.1) is 12.7 Å². The lowest BCUT2D eigenvalue weighted by molar-refractivity contribution is 0.0415. The quantitative estimate of drug-likeness (QED) is 0.118. The van der Waals surface area contributed by atoms with Gasteiger partial charge in [0.25, 0.3) is 0 Å². The Balaban J connectivity index is 3.93. The zero-order valence-corrected chi connectivity index (χ0v) is 15.9. The van der Waals surface area contributed by atoms with Gasteiger partial charge in [-0.15, -0.1) is 0 Å². The third-order valence-corrected chi connectivity index (χ3v) is 3.87. The summed E-state index contributed by atoms with van der Waals surface area (Å²) in [5.41, 5.74) is 4.19. The number of aliphatic hydroxyl groups excluding tert-OH is 1. The summed E-state index contributed by atoms with van der Waals surface area (Å²) in [5.74, 6) is 5.50. The maximum absolute atomic E-state index is 8.70. The van der Waals surface area contributed by atoms with Gasteiger partial charge >= 0.3 is 0 Å². The lowest BCUT2D eigenvalue weighted by atomic mass is 10.1. The topological polar surface area (TPSA) is 116 Å². The molecule has 25 heavy (non-hydrogen) atoms. The third kappa shape index (κ3) is 14.7. The smallest absolute Gasteiger partial charge is 0.0779 e. The molecule has 7 nitrogen and oxygen atoms in total. The van der Waals surface area contributed by atoms with E-state index in [1.165, 1.54) is 6.21 Å². The van der Waals surface area contributed by atoms with Gasteiger partial charge in [0.15, 0.2) is 0 Å². The van der Waals surface area contributed by atoms with Crippen LogP contribution in [0.2, 0.25) is 0 Å². The molecule has 0 aliphatic rings. The Bertz CT molecular complexity index is 386. The number of rotatable bonds is 17. The first-order valence-electron chi connectivity index (χ1n) is 9.27. The second-order valence-corrected chi connectivity index (χ2v) is 5.95. The number of nitrogens with zero attached hydrogens (tertiary/aromatic N) is 1. The van der Waals surface area contributed by atoms with Gasteiger partial charge in [-0.1, -0.05) is 13.3 Å². The summed E-state index contributed by atoms with van der Waals surface area (Å²) < 4.78 is 5.97. The Morgan fingerprint density at radius 1 is 1.32 bits per heavy atom. The summed E-state index contributed by atoms with van der Waals surface area (Å²) >= 11 is 0. The number of allylic oxidation sites excluding steroid dienone is 2. The molecule has 0 spiro atoms. The highest BCUT2D eigenvalue weighted by Crippen LogP contribution is 2.09. The molecule has 0 amide bonds. The van der Waals surface area contributed by atoms with Gasteiger partial charge in [0.2, 0.25) is 0 Å². The highest BCUT2D eigenvalue weighted by Gasteiger charge is 2.08. The molecule has 0 fully saturated rings. The van der Waals surface area contributed by atoms with E-state index in [2.05, 4.69) is 15.7 Å². The summed E-state index contributed by atoms with van der Waals surface area (Å²) in [7, 11) is 1.94. The van der Waals surface area contributed by atoms with E-state index in [0.29, 0.717) is 12.3 Å². The van der Waals surface area contributed by atoms with Crippen LogP contribution in [-0.4, -0.2) is 56.5 Å². The fourth-order valence-electron chi connectivity index (χ4n) is 2.33. The molecule has 0 aliphatic carbocycles. The third-order valence-electron chi connectivity index (χ3n) is 3.87. The number of unbranched alkanes of at least 4 members (excludes halogenated alkanes) is 2. The average Bonchev–Trinajstić information content (AvgIpc) is 2.63. The molecule has 7 heteroatoms. The number of aliphatic hydroxyl groups is 1. The number of nitrogens with two attached hydrogens (primary N) is 1. The van der Waals surface area contributed by atoms with Crippen LogP contribution >= 0.6 is 0 Å². The van der Waals surface area contributed by atoms with Crippen LogP contribution in [0, 0.1) is 5.41 Å². The number of hydrogen-bond donors (Lipinski definition) is 5. The first-order valence-corrected chi connectivity index (χ1v) is 9.27. The fourth-order valence-corrected chi connectivity index (χ4v) is 2.33. The molecule has 1 unspecified atom stereocenters. The predicted molar refractivity (Wildman–Crippen MR) is 105 cm³/mol. The van der Waals surface area contributed by atoms with Gasteiger partial charge in [-0.25, -0.2) is 0 Å². The van der Waals surface area contributed by atoms with Gasteiger partial charge in [-0.05, 0) is 58.2 Å². The Hall–Kier alpha value is -1.28. The van der Waals surface area contributed by atoms with E-state index >= 15 is 0 Å². The Labute approximate surface area is 152 Å². The maximum Gasteiger partial charge on any atom is 0.0779 e. The molecule has 1 atom stereocenters. The standard InChI is InChI=1S/C18H37N5O2/c1-3-16(19)15-17(23-20)7-5-4-6-14-25-18(8-10-21-2)9-11-22-12-13-24/h12,15,18-19,21,23-24H,3-11,13-14,20H2,1-2H3/b17-15-,19-16?,22-12-. The van der Waals surface area contributed by atoms with Crippen LogP contribution in [0.25, 0.3) is 0 Å². The van der Waals surface area contributed by atoms with Crippen LogP contribution in [0.1, 0.15) is 51.9 Å². The molecular weight excluding hydrogens is 318 g/mol. The first-order chi connectivity index (χ1) is 12.2. The minimum Gasteiger partial charge on any atom is -0.391 e. The zero-order valence-electron chi connectivity index (χ0n) is 15.9. The molecular formula is C18H37N5O2. The van der Waals surface area contributed by atoms with Crippen LogP contribution in [0.4, 0.5) is 0 Å². The van der Waals surface area contributed by atoms with Crippen molar-refractivity contribution in [1.29, 1.82) is 5.41 Å². The SMILES string of the molecule is CCC(=N)/C=C(/CCCCCOC(CC/N=C\CO)CCNC)NN. The van der Waals surface area contributed by atoms with Gasteiger partial charge in [0.1, 0.15) is 0 Å². The van der Waals surface area contributed by atoms with Crippen LogP contribution in [0.15, 0.2) is 16.8 Å². The monoisotopic (exact) mass is 355 g/mol. The molecule has 0 rings (SSSR count). The molecule has 0 aliphatic heterocycles. The number of ether oxygens (including phenoxy) is 1. The van der Waals surface area contributed by atoms with Crippen molar-refractivity contribution in [2.24, 2.45) is 10.8 Å². The van der Waals surface area contributed by atoms with E-state index in [0.717, 1.165) is 63.8 Å². The minimum atomic E-state index is -0.00609. The Morgan fingerprint density at radius 2 is 2.12 bits per heavy atom. The van der Waals surface area contributed by atoms with Crippen molar-refractivity contribution in [2.75, 3.05) is 33.4 Å². The highest BCUT2D eigenvalue weighted by molar-refractivity contribution is 5.92. The summed E-state index contributed by atoms with van der Waals surface area (Å²) in [4.78, 5) is 4.14. The van der Waals surface area contributed by atoms with E-state index in [-0.39, 0.29) is 12.7 Å². The predicted octanol–water partition coefficient (Wildman–Crippen LogP) is 1.77. The van der Waals surface area contributed by atoms with Crippen molar-refractivity contribution >= 4 is 11.9 Å². The van der Waals surface area contributed by atoms with Crippen LogP contribution in [0.5, 0.6) is 0 Å². The summed E-state index contributed by atoms with van der Waals surface area (Å²) in [6, 6.07) is 0. The normalized spacial score (nSPS) is 13.4. The maximum atomic E-state index is 8.70. The average molecular weight is 356 g/mol. The fraction of sp³-hybridized carbons (Fsp3) is 0.778. The Kier molecular flexibility index (Phi) is 16.6. The van der Waals surface area contributed by atoms with Crippen molar-refractivity contribution in [3.05, 3.63) is 11.8 Å². The molecule has 0 bridgehead atoms. The second kappa shape index (κ2) is 17.5. The largest absolute Gasteiger partial charge is 0.391 e. The Morgan fingerprint density at radius 3 is 2.76 bits per heavy atom. The van der Waals surface area contributed by atoms with Gasteiger partial charge in [0, 0.05) is 30.8 Å². The van der Waals surface area contributed by atoms with Gasteiger partial charge < -0.3 is 26.0 Å². The van der Waals surface area contributed by atoms with E-state index < -0.39 is 0 Å². The summed E-state index contributed by atoms with van der Waals surface area (Å²) in [5, 5.41) is 19.5. The molecule has 0 saturated heterocycles. The van der Waals surface area contributed by atoms with Crippen molar-refractivity contribution in [3.63, 3.8) is 0 Å². The number of aliphatic imine (C=N–C) groups is 1. The number of nitrogens with one attached hydrogen (secondary N) is 3. The molecule has 0 radical (unpaired) electrons. The molecule has 0 saturated carbocycles. The first kappa shape index (κ1) is 23.7. The van der Waals surface area contributed by atoms with Crippen molar-refractivity contribution in [2.45, 2.75) is 58.0 Å².